The maximum Gasteiger partial charge on any atom is 0.412 e. The molecule has 0 bridgehead atoms. The number of hydrogen-bond acceptors (Lipinski definition) is 4. The van der Waals surface area contributed by atoms with Gasteiger partial charge in [0, 0.05) is 35.9 Å². The Morgan fingerprint density at radius 2 is 1.57 bits per heavy atom. The van der Waals surface area contributed by atoms with Gasteiger partial charge >= 0.3 is 6.09 Å². The molecule has 2 N–H and O–H groups in total. The van der Waals surface area contributed by atoms with Crippen LogP contribution < -0.4 is 10.6 Å². The van der Waals surface area contributed by atoms with Crippen LogP contribution in [0, 0.1) is 6.92 Å². The average molecular weight is 406 g/mol. The molecule has 0 saturated carbocycles. The molecule has 0 saturated heterocycles. The molecule has 30 heavy (non-hydrogen) atoms. The van der Waals surface area contributed by atoms with Gasteiger partial charge in [-0.2, -0.15) is 0 Å². The average Bonchev–Trinajstić information content (AvgIpc) is 3.07. The first kappa shape index (κ1) is 21.1. The molecule has 156 valence electrons. The predicted octanol–water partition coefficient (Wildman–Crippen LogP) is 4.84. The zero-order valence-electron chi connectivity index (χ0n) is 17.6. The van der Waals surface area contributed by atoms with E-state index in [-0.39, 0.29) is 5.91 Å². The van der Waals surface area contributed by atoms with Gasteiger partial charge in [-0.25, -0.2) is 9.78 Å². The molecule has 2 aromatic carbocycles. The van der Waals surface area contributed by atoms with E-state index in [0.717, 1.165) is 17.9 Å². The minimum absolute atomic E-state index is 0.225. The smallest absolute Gasteiger partial charge is 0.412 e. The standard InChI is InChI=1S/C23H26N4O3/c1-16-24-13-14-27(16)15-17-5-9-19(10-6-17)25-21(28)18-7-11-20(12-8-18)26-22(29)30-23(2,3)4/h5-14H,15H2,1-4H3,(H,25,28)(H,26,29). The molecule has 0 spiro atoms. The second kappa shape index (κ2) is 8.82. The number of aromatic nitrogens is 2. The number of anilines is 2. The summed E-state index contributed by atoms with van der Waals surface area (Å²) in [6.45, 7) is 8.08. The lowest BCUT2D eigenvalue weighted by molar-refractivity contribution is 0.0636. The van der Waals surface area contributed by atoms with Crippen molar-refractivity contribution in [3.05, 3.63) is 77.9 Å². The van der Waals surface area contributed by atoms with E-state index < -0.39 is 11.7 Å². The summed E-state index contributed by atoms with van der Waals surface area (Å²) in [6.07, 6.45) is 3.18. The van der Waals surface area contributed by atoms with Gasteiger partial charge in [0.05, 0.1) is 0 Å². The van der Waals surface area contributed by atoms with Gasteiger partial charge in [0.2, 0.25) is 0 Å². The summed E-state index contributed by atoms with van der Waals surface area (Å²) < 4.78 is 7.27. The van der Waals surface area contributed by atoms with Gasteiger partial charge in [0.25, 0.3) is 5.91 Å². The van der Waals surface area contributed by atoms with Gasteiger partial charge in [-0.05, 0) is 69.7 Å². The Labute approximate surface area is 176 Å². The van der Waals surface area contributed by atoms with Crippen molar-refractivity contribution in [2.45, 2.75) is 39.8 Å². The predicted molar refractivity (Wildman–Crippen MR) is 117 cm³/mol. The highest BCUT2D eigenvalue weighted by Crippen LogP contribution is 2.16. The molecule has 3 aromatic rings. The molecule has 0 aliphatic heterocycles. The van der Waals surface area contributed by atoms with Crippen molar-refractivity contribution in [2.75, 3.05) is 10.6 Å². The Bertz CT molecular complexity index is 1020. The number of benzene rings is 2. The highest BCUT2D eigenvalue weighted by Gasteiger charge is 2.16. The second-order valence-electron chi connectivity index (χ2n) is 7.96. The van der Waals surface area contributed by atoms with Gasteiger partial charge in [0.1, 0.15) is 11.4 Å². The Hall–Kier alpha value is -3.61. The molecule has 1 aromatic heterocycles. The molecule has 0 radical (unpaired) electrons. The minimum atomic E-state index is -0.572. The monoisotopic (exact) mass is 406 g/mol. The lowest BCUT2D eigenvalue weighted by atomic mass is 10.1. The number of imidazole rings is 1. The molecule has 0 unspecified atom stereocenters. The number of rotatable bonds is 5. The van der Waals surface area contributed by atoms with Crippen molar-refractivity contribution >= 4 is 23.4 Å². The molecule has 7 heteroatoms. The van der Waals surface area contributed by atoms with Crippen molar-refractivity contribution in [2.24, 2.45) is 0 Å². The van der Waals surface area contributed by atoms with Crippen molar-refractivity contribution < 1.29 is 14.3 Å². The Morgan fingerprint density at radius 1 is 0.967 bits per heavy atom. The maximum absolute atomic E-state index is 12.5. The summed E-state index contributed by atoms with van der Waals surface area (Å²) in [5, 5.41) is 5.52. The molecule has 2 amide bonds. The molecular weight excluding hydrogens is 380 g/mol. The van der Waals surface area contributed by atoms with Crippen LogP contribution in [0.5, 0.6) is 0 Å². The van der Waals surface area contributed by atoms with Crippen LogP contribution in [0.1, 0.15) is 42.5 Å². The molecule has 0 atom stereocenters. The number of hydrogen-bond donors (Lipinski definition) is 2. The van der Waals surface area contributed by atoms with E-state index in [9.17, 15) is 9.59 Å². The van der Waals surface area contributed by atoms with E-state index in [0.29, 0.717) is 16.9 Å². The molecule has 0 aliphatic carbocycles. The maximum atomic E-state index is 12.5. The Morgan fingerprint density at radius 3 is 2.13 bits per heavy atom. The van der Waals surface area contributed by atoms with Crippen LogP contribution in [0.25, 0.3) is 0 Å². The molecule has 0 fully saturated rings. The van der Waals surface area contributed by atoms with Crippen LogP contribution >= 0.6 is 0 Å². The fourth-order valence-corrected chi connectivity index (χ4v) is 2.79. The topological polar surface area (TPSA) is 85.3 Å². The number of nitrogens with one attached hydrogen (secondary N) is 2. The fourth-order valence-electron chi connectivity index (χ4n) is 2.79. The first-order chi connectivity index (χ1) is 14.2. The Kier molecular flexibility index (Phi) is 6.20. The summed E-state index contributed by atoms with van der Waals surface area (Å²) >= 11 is 0. The van der Waals surface area contributed by atoms with Crippen LogP contribution in [0.2, 0.25) is 0 Å². The number of carbonyl (C=O) groups is 2. The van der Waals surface area contributed by atoms with E-state index >= 15 is 0 Å². The molecule has 0 aliphatic rings. The van der Waals surface area contributed by atoms with E-state index in [2.05, 4.69) is 20.2 Å². The normalized spacial score (nSPS) is 11.1. The van der Waals surface area contributed by atoms with Crippen LogP contribution in [-0.4, -0.2) is 27.2 Å². The minimum Gasteiger partial charge on any atom is -0.444 e. The van der Waals surface area contributed by atoms with E-state index in [1.54, 1.807) is 51.2 Å². The number of amides is 2. The molecular formula is C23H26N4O3. The number of carbonyl (C=O) groups excluding carboxylic acids is 2. The van der Waals surface area contributed by atoms with Crippen LogP contribution in [-0.2, 0) is 11.3 Å². The van der Waals surface area contributed by atoms with Gasteiger partial charge in [-0.15, -0.1) is 0 Å². The third-order valence-electron chi connectivity index (χ3n) is 4.28. The van der Waals surface area contributed by atoms with Crippen LogP contribution in [0.4, 0.5) is 16.2 Å². The van der Waals surface area contributed by atoms with Crippen molar-refractivity contribution in [1.82, 2.24) is 9.55 Å². The summed E-state index contributed by atoms with van der Waals surface area (Å²) in [7, 11) is 0. The molecule has 1 heterocycles. The number of nitrogens with zero attached hydrogens (tertiary/aromatic N) is 2. The molecule has 7 nitrogen and oxygen atoms in total. The van der Waals surface area contributed by atoms with Gasteiger partial charge < -0.3 is 14.6 Å². The highest BCUT2D eigenvalue weighted by molar-refractivity contribution is 6.04. The van der Waals surface area contributed by atoms with Gasteiger partial charge in [-0.1, -0.05) is 12.1 Å². The Balaban J connectivity index is 1.56. The lowest BCUT2D eigenvalue weighted by Gasteiger charge is -2.19. The third kappa shape index (κ3) is 5.94. The third-order valence-corrected chi connectivity index (χ3v) is 4.28. The highest BCUT2D eigenvalue weighted by atomic mass is 16.6. The number of aryl methyl sites for hydroxylation is 1. The zero-order chi connectivity index (χ0) is 21.7. The van der Waals surface area contributed by atoms with Crippen molar-refractivity contribution in [3.8, 4) is 0 Å². The second-order valence-corrected chi connectivity index (χ2v) is 7.96. The summed E-state index contributed by atoms with van der Waals surface area (Å²) in [6, 6.07) is 14.3. The SMILES string of the molecule is Cc1nccn1Cc1ccc(NC(=O)c2ccc(NC(=O)OC(C)(C)C)cc2)cc1. The van der Waals surface area contributed by atoms with Gasteiger partial charge in [-0.3, -0.25) is 10.1 Å². The van der Waals surface area contributed by atoms with Crippen molar-refractivity contribution in [3.63, 3.8) is 0 Å². The van der Waals surface area contributed by atoms with Crippen LogP contribution in [0.15, 0.2) is 60.9 Å². The lowest BCUT2D eigenvalue weighted by Crippen LogP contribution is -2.27. The van der Waals surface area contributed by atoms with E-state index in [4.69, 9.17) is 4.74 Å². The van der Waals surface area contributed by atoms with Crippen LogP contribution in [0.3, 0.4) is 0 Å². The first-order valence-electron chi connectivity index (χ1n) is 9.68. The summed E-state index contributed by atoms with van der Waals surface area (Å²) in [4.78, 5) is 28.5. The van der Waals surface area contributed by atoms with Crippen molar-refractivity contribution in [1.29, 1.82) is 0 Å². The first-order valence-corrected chi connectivity index (χ1v) is 9.68. The zero-order valence-corrected chi connectivity index (χ0v) is 17.6. The van der Waals surface area contributed by atoms with E-state index in [1.165, 1.54) is 0 Å². The summed E-state index contributed by atoms with van der Waals surface area (Å²) in [5.74, 6) is 0.731. The van der Waals surface area contributed by atoms with Gasteiger partial charge in [0.15, 0.2) is 0 Å². The summed E-state index contributed by atoms with van der Waals surface area (Å²) in [5.41, 5.74) is 2.30. The number of ether oxygens (including phenoxy) is 1. The largest absolute Gasteiger partial charge is 0.444 e. The fraction of sp³-hybridized carbons (Fsp3) is 0.261. The molecule has 3 rings (SSSR count). The quantitative estimate of drug-likeness (QED) is 0.635. The van der Waals surface area contributed by atoms with E-state index in [1.807, 2.05) is 37.4 Å².